The van der Waals surface area contributed by atoms with E-state index in [1.165, 1.54) is 77.0 Å². The maximum absolute atomic E-state index is 11.7. The van der Waals surface area contributed by atoms with E-state index in [9.17, 15) is 4.79 Å². The van der Waals surface area contributed by atoms with Gasteiger partial charge in [-0.05, 0) is 69.1 Å². The van der Waals surface area contributed by atoms with E-state index in [1.54, 1.807) is 14.0 Å². The number of rotatable bonds is 11. The monoisotopic (exact) mass is 392 g/mol. The Morgan fingerprint density at radius 1 is 0.964 bits per heavy atom. The molecular formula is C25H44O3. The Kier molecular flexibility index (Phi) is 10.6. The molecule has 0 aromatic rings. The van der Waals surface area contributed by atoms with Crippen molar-refractivity contribution in [3.63, 3.8) is 0 Å². The largest absolute Gasteiger partial charge is 0.462 e. The molecule has 2 aliphatic carbocycles. The van der Waals surface area contributed by atoms with E-state index in [4.69, 9.17) is 9.47 Å². The number of ether oxygens (including phenoxy) is 2. The van der Waals surface area contributed by atoms with E-state index in [2.05, 4.69) is 13.5 Å². The molecule has 1 unspecified atom stereocenters. The zero-order valence-corrected chi connectivity index (χ0v) is 18.7. The molecule has 0 N–H and O–H groups in total. The average Bonchev–Trinajstić information content (AvgIpc) is 2.71. The van der Waals surface area contributed by atoms with Crippen molar-refractivity contribution in [1.82, 2.24) is 0 Å². The van der Waals surface area contributed by atoms with E-state index in [1.807, 2.05) is 0 Å². The molecule has 0 aliphatic heterocycles. The van der Waals surface area contributed by atoms with Gasteiger partial charge in [-0.15, -0.1) is 0 Å². The first kappa shape index (κ1) is 23.4. The molecule has 3 heteroatoms. The molecule has 0 amide bonds. The topological polar surface area (TPSA) is 35.5 Å². The fourth-order valence-corrected chi connectivity index (χ4v) is 5.56. The average molecular weight is 393 g/mol. The molecule has 28 heavy (non-hydrogen) atoms. The lowest BCUT2D eigenvalue weighted by molar-refractivity contribution is -0.141. The summed E-state index contributed by atoms with van der Waals surface area (Å²) in [6.45, 7) is 8.83. The second-order valence-corrected chi connectivity index (χ2v) is 9.55. The van der Waals surface area contributed by atoms with Crippen LogP contribution in [0.3, 0.4) is 0 Å². The number of carbonyl (C=O) groups excluding carboxylic acids is 1. The highest BCUT2D eigenvalue weighted by Crippen LogP contribution is 2.43. The van der Waals surface area contributed by atoms with Crippen LogP contribution in [-0.4, -0.2) is 26.3 Å². The third kappa shape index (κ3) is 7.54. The summed E-state index contributed by atoms with van der Waals surface area (Å²) in [5.74, 6) is 3.57. The number of esters is 1. The van der Waals surface area contributed by atoms with Crippen LogP contribution in [0.15, 0.2) is 12.2 Å². The van der Waals surface area contributed by atoms with Crippen LogP contribution in [0.2, 0.25) is 0 Å². The third-order valence-corrected chi connectivity index (χ3v) is 7.41. The number of hydrogen-bond donors (Lipinski definition) is 0. The van der Waals surface area contributed by atoms with Gasteiger partial charge in [0, 0.05) is 18.6 Å². The van der Waals surface area contributed by atoms with Crippen molar-refractivity contribution in [2.24, 2.45) is 29.6 Å². The summed E-state index contributed by atoms with van der Waals surface area (Å²) in [7, 11) is 1.75. The van der Waals surface area contributed by atoms with Gasteiger partial charge in [-0.2, -0.15) is 0 Å². The number of carbonyl (C=O) groups is 1. The first-order valence-electron chi connectivity index (χ1n) is 11.9. The van der Waals surface area contributed by atoms with Gasteiger partial charge in [-0.1, -0.05) is 52.0 Å². The second-order valence-electron chi connectivity index (χ2n) is 9.55. The lowest BCUT2D eigenvalue weighted by atomic mass is 9.67. The summed E-state index contributed by atoms with van der Waals surface area (Å²) < 4.78 is 10.9. The maximum Gasteiger partial charge on any atom is 0.333 e. The smallest absolute Gasteiger partial charge is 0.333 e. The van der Waals surface area contributed by atoms with Crippen molar-refractivity contribution >= 4 is 5.97 Å². The Labute approximate surface area is 173 Å². The van der Waals surface area contributed by atoms with Gasteiger partial charge in [-0.25, -0.2) is 4.79 Å². The molecule has 0 aromatic carbocycles. The molecule has 2 saturated carbocycles. The molecule has 0 radical (unpaired) electrons. The Morgan fingerprint density at radius 3 is 2.11 bits per heavy atom. The van der Waals surface area contributed by atoms with Gasteiger partial charge >= 0.3 is 5.97 Å². The summed E-state index contributed by atoms with van der Waals surface area (Å²) in [6, 6.07) is 0. The van der Waals surface area contributed by atoms with Gasteiger partial charge in [0.25, 0.3) is 0 Å². The Bertz CT molecular complexity index is 456. The molecule has 1 atom stereocenters. The molecule has 162 valence electrons. The Morgan fingerprint density at radius 2 is 1.57 bits per heavy atom. The predicted octanol–water partition coefficient (Wildman–Crippen LogP) is 6.56. The lowest BCUT2D eigenvalue weighted by Crippen LogP contribution is -2.32. The highest BCUT2D eigenvalue weighted by Gasteiger charge is 2.33. The molecule has 0 aromatic heterocycles. The molecule has 0 bridgehead atoms. The third-order valence-electron chi connectivity index (χ3n) is 7.41. The quantitative estimate of drug-likeness (QED) is 0.227. The van der Waals surface area contributed by atoms with Crippen molar-refractivity contribution in [3.8, 4) is 0 Å². The molecule has 2 fully saturated rings. The van der Waals surface area contributed by atoms with Crippen LogP contribution >= 0.6 is 0 Å². The van der Waals surface area contributed by atoms with Gasteiger partial charge in [0.1, 0.15) is 0 Å². The molecule has 2 rings (SSSR count). The number of unbranched alkanes of at least 4 members (excludes halogenated alkanes) is 2. The summed E-state index contributed by atoms with van der Waals surface area (Å²) in [4.78, 5) is 11.7. The van der Waals surface area contributed by atoms with Crippen LogP contribution in [0.25, 0.3) is 0 Å². The van der Waals surface area contributed by atoms with Crippen LogP contribution in [0.5, 0.6) is 0 Å². The molecular weight excluding hydrogens is 348 g/mol. The van der Waals surface area contributed by atoms with E-state index in [0.29, 0.717) is 30.6 Å². The standard InChI is InChI=1S/C25H44O3/c1-5-6-7-8-20-9-11-21(12-10-20)22-13-15-23(16-14-22)24(17-27-4)18-28-25(26)19(2)3/h20-24H,2,5-18H2,1,3-4H3. The molecule has 0 saturated heterocycles. The highest BCUT2D eigenvalue weighted by atomic mass is 16.5. The van der Waals surface area contributed by atoms with Crippen molar-refractivity contribution < 1.29 is 14.3 Å². The highest BCUT2D eigenvalue weighted by molar-refractivity contribution is 5.86. The minimum atomic E-state index is -0.273. The van der Waals surface area contributed by atoms with Crippen LogP contribution in [0.1, 0.15) is 90.9 Å². The fourth-order valence-electron chi connectivity index (χ4n) is 5.56. The van der Waals surface area contributed by atoms with Crippen LogP contribution in [0, 0.1) is 29.6 Å². The zero-order chi connectivity index (χ0) is 20.4. The van der Waals surface area contributed by atoms with Gasteiger partial charge in [0.2, 0.25) is 0 Å². The fraction of sp³-hybridized carbons (Fsp3) is 0.880. The molecule has 0 spiro atoms. The second kappa shape index (κ2) is 12.7. The van der Waals surface area contributed by atoms with Crippen LogP contribution in [-0.2, 0) is 14.3 Å². The van der Waals surface area contributed by atoms with Gasteiger partial charge in [0.05, 0.1) is 13.2 Å². The summed E-state index contributed by atoms with van der Waals surface area (Å²) >= 11 is 0. The normalized spacial score (nSPS) is 29.2. The minimum Gasteiger partial charge on any atom is -0.462 e. The maximum atomic E-state index is 11.7. The summed E-state index contributed by atoms with van der Waals surface area (Å²) in [5.41, 5.74) is 0.477. The van der Waals surface area contributed by atoms with Crippen LogP contribution < -0.4 is 0 Å². The van der Waals surface area contributed by atoms with Gasteiger partial charge in [0.15, 0.2) is 0 Å². The van der Waals surface area contributed by atoms with E-state index in [-0.39, 0.29) is 5.97 Å². The lowest BCUT2D eigenvalue weighted by Gasteiger charge is -2.39. The SMILES string of the molecule is C=C(C)C(=O)OCC(COC)C1CCC(C2CCC(CCCCC)CC2)CC1. The predicted molar refractivity (Wildman–Crippen MR) is 116 cm³/mol. The van der Waals surface area contributed by atoms with Gasteiger partial charge in [-0.3, -0.25) is 0 Å². The van der Waals surface area contributed by atoms with Crippen LogP contribution in [0.4, 0.5) is 0 Å². The minimum absolute atomic E-state index is 0.273. The van der Waals surface area contributed by atoms with Crippen molar-refractivity contribution in [2.45, 2.75) is 90.9 Å². The van der Waals surface area contributed by atoms with E-state index >= 15 is 0 Å². The zero-order valence-electron chi connectivity index (χ0n) is 18.7. The van der Waals surface area contributed by atoms with Crippen molar-refractivity contribution in [1.29, 1.82) is 0 Å². The summed E-state index contributed by atoms with van der Waals surface area (Å²) in [6.07, 6.45) is 16.8. The molecule has 0 heterocycles. The first-order chi connectivity index (χ1) is 13.5. The number of methoxy groups -OCH3 is 1. The van der Waals surface area contributed by atoms with Crippen molar-refractivity contribution in [3.05, 3.63) is 12.2 Å². The van der Waals surface area contributed by atoms with Gasteiger partial charge < -0.3 is 9.47 Å². The summed E-state index contributed by atoms with van der Waals surface area (Å²) in [5, 5.41) is 0. The Hall–Kier alpha value is -0.830. The first-order valence-corrected chi connectivity index (χ1v) is 11.9. The number of hydrogen-bond acceptors (Lipinski definition) is 3. The van der Waals surface area contributed by atoms with E-state index < -0.39 is 0 Å². The van der Waals surface area contributed by atoms with Crippen molar-refractivity contribution in [2.75, 3.05) is 20.3 Å². The molecule has 2 aliphatic rings. The molecule has 3 nitrogen and oxygen atoms in total. The Balaban J connectivity index is 1.72. The van der Waals surface area contributed by atoms with E-state index in [0.717, 1.165) is 17.8 Å².